The number of pyridine rings is 1. The lowest BCUT2D eigenvalue weighted by Crippen LogP contribution is -2.39. The number of aromatic nitrogens is 1. The molecule has 3 aliphatic rings. The number of rotatable bonds is 2. The van der Waals surface area contributed by atoms with Crippen LogP contribution < -0.4 is 15.4 Å². The molecule has 9 heteroatoms. The minimum absolute atomic E-state index is 0.0289. The van der Waals surface area contributed by atoms with E-state index < -0.39 is 23.5 Å². The van der Waals surface area contributed by atoms with Crippen LogP contribution in [0.5, 0.6) is 11.5 Å². The van der Waals surface area contributed by atoms with E-state index in [0.29, 0.717) is 53.1 Å². The van der Waals surface area contributed by atoms with E-state index in [1.54, 1.807) is 36.4 Å². The zero-order valence-electron chi connectivity index (χ0n) is 18.1. The van der Waals surface area contributed by atoms with E-state index in [0.717, 1.165) is 0 Å². The van der Waals surface area contributed by atoms with Crippen LogP contribution in [-0.4, -0.2) is 36.9 Å². The third-order valence-electron chi connectivity index (χ3n) is 6.69. The monoisotopic (exact) mass is 466 g/mol. The van der Waals surface area contributed by atoms with Crippen molar-refractivity contribution in [3.8, 4) is 22.6 Å². The van der Waals surface area contributed by atoms with Crippen LogP contribution in [0.4, 0.5) is 18.9 Å². The lowest BCUT2D eigenvalue weighted by atomic mass is 9.76. The number of hydrogen-bond acceptors (Lipinski definition) is 6. The van der Waals surface area contributed by atoms with Crippen LogP contribution in [0.25, 0.3) is 11.1 Å². The van der Waals surface area contributed by atoms with Gasteiger partial charge >= 0.3 is 0 Å². The van der Waals surface area contributed by atoms with Gasteiger partial charge in [-0.3, -0.25) is 0 Å². The van der Waals surface area contributed by atoms with Crippen molar-refractivity contribution in [3.05, 3.63) is 71.6 Å². The second-order valence-electron chi connectivity index (χ2n) is 8.70. The molecule has 34 heavy (non-hydrogen) atoms. The molecule has 2 N–H and O–H groups in total. The number of ether oxygens (including phenoxy) is 2. The highest BCUT2D eigenvalue weighted by Gasteiger charge is 2.46. The molecular formula is C25H21F3N4O2. The van der Waals surface area contributed by atoms with Gasteiger partial charge in [0.25, 0.3) is 6.02 Å². The number of nitrogens with zero attached hydrogens (tertiary/aromatic N) is 3. The van der Waals surface area contributed by atoms with Gasteiger partial charge in [-0.1, -0.05) is 6.07 Å². The summed E-state index contributed by atoms with van der Waals surface area (Å²) in [5, 5.41) is 0. The average Bonchev–Trinajstić information content (AvgIpc) is 3.26. The number of nitrogens with two attached hydrogens (primary N) is 1. The fourth-order valence-corrected chi connectivity index (χ4v) is 5.06. The molecule has 0 radical (unpaired) electrons. The van der Waals surface area contributed by atoms with Gasteiger partial charge in [-0.25, -0.2) is 18.8 Å². The van der Waals surface area contributed by atoms with Crippen molar-refractivity contribution in [2.24, 2.45) is 10.7 Å². The zero-order chi connectivity index (χ0) is 23.4. The van der Waals surface area contributed by atoms with Gasteiger partial charge < -0.3 is 20.1 Å². The van der Waals surface area contributed by atoms with E-state index in [1.807, 2.05) is 4.90 Å². The van der Waals surface area contributed by atoms with Crippen LogP contribution in [-0.2, 0) is 10.3 Å². The molecule has 2 atom stereocenters. The predicted molar refractivity (Wildman–Crippen MR) is 121 cm³/mol. The van der Waals surface area contributed by atoms with Crippen molar-refractivity contribution in [2.45, 2.75) is 24.6 Å². The predicted octanol–water partition coefficient (Wildman–Crippen LogP) is 4.66. The van der Waals surface area contributed by atoms with E-state index in [2.05, 4.69) is 9.98 Å². The Morgan fingerprint density at radius 2 is 2.00 bits per heavy atom. The Bertz CT molecular complexity index is 1330. The van der Waals surface area contributed by atoms with Crippen LogP contribution in [0.2, 0.25) is 0 Å². The van der Waals surface area contributed by atoms with E-state index in [9.17, 15) is 8.78 Å². The molecule has 0 saturated carbocycles. The second kappa shape index (κ2) is 7.65. The van der Waals surface area contributed by atoms with Crippen molar-refractivity contribution < 1.29 is 22.6 Å². The molecule has 6 rings (SSSR count). The minimum Gasteiger partial charge on any atom is -0.465 e. The van der Waals surface area contributed by atoms with E-state index >= 15 is 4.39 Å². The summed E-state index contributed by atoms with van der Waals surface area (Å²) >= 11 is 0. The average molecular weight is 466 g/mol. The van der Waals surface area contributed by atoms with Gasteiger partial charge in [-0.05, 0) is 42.3 Å². The number of anilines is 1. The SMILES string of the molecule is NC1=N[C@]2(CCO1)c1cc(-c3cccnc3F)ccc1Oc1c(F)cc(N3CC[C@@H](F)C3)cc12. The number of fused-ring (bicyclic) bond motifs is 4. The normalized spacial score (nSPS) is 23.1. The zero-order valence-corrected chi connectivity index (χ0v) is 18.1. The highest BCUT2D eigenvalue weighted by molar-refractivity contribution is 5.77. The molecule has 3 aliphatic heterocycles. The third kappa shape index (κ3) is 3.18. The molecule has 1 spiro atoms. The first-order valence-electron chi connectivity index (χ1n) is 11.1. The van der Waals surface area contributed by atoms with Gasteiger partial charge in [0.2, 0.25) is 5.95 Å². The molecule has 6 nitrogen and oxygen atoms in total. The first-order chi connectivity index (χ1) is 16.4. The van der Waals surface area contributed by atoms with Crippen LogP contribution in [0, 0.1) is 11.8 Å². The number of benzene rings is 2. The van der Waals surface area contributed by atoms with Crippen molar-refractivity contribution in [2.75, 3.05) is 24.6 Å². The maximum absolute atomic E-state index is 15.4. The van der Waals surface area contributed by atoms with Crippen molar-refractivity contribution in [1.29, 1.82) is 0 Å². The molecule has 174 valence electrons. The van der Waals surface area contributed by atoms with Gasteiger partial charge in [0, 0.05) is 54.2 Å². The van der Waals surface area contributed by atoms with Crippen molar-refractivity contribution in [1.82, 2.24) is 4.98 Å². The molecule has 1 aromatic heterocycles. The van der Waals surface area contributed by atoms with Crippen LogP contribution >= 0.6 is 0 Å². The molecule has 1 saturated heterocycles. The second-order valence-corrected chi connectivity index (χ2v) is 8.70. The Labute approximate surface area is 193 Å². The third-order valence-corrected chi connectivity index (χ3v) is 6.69. The Kier molecular flexibility index (Phi) is 4.68. The fourth-order valence-electron chi connectivity index (χ4n) is 5.06. The first kappa shape index (κ1) is 20.8. The first-order valence-corrected chi connectivity index (χ1v) is 11.1. The Balaban J connectivity index is 1.57. The largest absolute Gasteiger partial charge is 0.465 e. The quantitative estimate of drug-likeness (QED) is 0.557. The van der Waals surface area contributed by atoms with Crippen LogP contribution in [0.3, 0.4) is 0 Å². The van der Waals surface area contributed by atoms with E-state index in [4.69, 9.17) is 15.2 Å². The van der Waals surface area contributed by atoms with Crippen molar-refractivity contribution >= 4 is 11.7 Å². The van der Waals surface area contributed by atoms with Gasteiger partial charge in [-0.15, -0.1) is 0 Å². The summed E-state index contributed by atoms with van der Waals surface area (Å²) in [6.07, 6.45) is 1.18. The molecule has 4 heterocycles. The Morgan fingerprint density at radius 3 is 2.76 bits per heavy atom. The summed E-state index contributed by atoms with van der Waals surface area (Å²) in [6.45, 7) is 0.937. The molecule has 1 fully saturated rings. The number of alkyl halides is 1. The lowest BCUT2D eigenvalue weighted by molar-refractivity contribution is 0.218. The van der Waals surface area contributed by atoms with E-state index in [1.165, 1.54) is 12.3 Å². The van der Waals surface area contributed by atoms with Crippen LogP contribution in [0.1, 0.15) is 24.0 Å². The molecule has 0 aliphatic carbocycles. The number of amidine groups is 1. The molecule has 3 aromatic rings. The summed E-state index contributed by atoms with van der Waals surface area (Å²) in [5.41, 5.74) is 7.45. The van der Waals surface area contributed by atoms with Gasteiger partial charge in [0.05, 0.1) is 6.61 Å². The highest BCUT2D eigenvalue weighted by atomic mass is 19.1. The summed E-state index contributed by atoms with van der Waals surface area (Å²) in [5.74, 6) is -0.726. The number of aliphatic imine (C=N–C) groups is 1. The van der Waals surface area contributed by atoms with Gasteiger partial charge in [0.1, 0.15) is 17.5 Å². The fraction of sp³-hybridized carbons (Fsp3) is 0.280. The molecule has 2 aromatic carbocycles. The summed E-state index contributed by atoms with van der Waals surface area (Å²) in [7, 11) is 0. The standard InChI is InChI=1S/C25H21F3N4O2/c26-15-5-8-32(13-15)16-11-19-22(20(27)12-16)34-21-4-3-14(17-2-1-7-30-23(17)28)10-18(21)25(19)6-9-33-24(29)31-25/h1-4,7,10-12,15H,5-6,8-9,13H2,(H2,29,31)/t15-,25-/m1/s1. The molecule has 0 amide bonds. The Morgan fingerprint density at radius 1 is 1.12 bits per heavy atom. The summed E-state index contributed by atoms with van der Waals surface area (Å²) in [4.78, 5) is 10.2. The number of halogens is 3. The van der Waals surface area contributed by atoms with Gasteiger partial charge in [0.15, 0.2) is 11.6 Å². The topological polar surface area (TPSA) is 73.0 Å². The summed E-state index contributed by atoms with van der Waals surface area (Å²) < 4.78 is 55.1. The number of hydrogen-bond donors (Lipinski definition) is 1. The smallest absolute Gasteiger partial charge is 0.283 e. The molecule has 0 unspecified atom stereocenters. The lowest BCUT2D eigenvalue weighted by Gasteiger charge is -2.40. The van der Waals surface area contributed by atoms with E-state index in [-0.39, 0.29) is 24.9 Å². The summed E-state index contributed by atoms with van der Waals surface area (Å²) in [6, 6.07) is 11.6. The molecule has 0 bridgehead atoms. The molecular weight excluding hydrogens is 445 g/mol. The maximum atomic E-state index is 15.4. The Hall–Kier alpha value is -3.75. The maximum Gasteiger partial charge on any atom is 0.283 e. The van der Waals surface area contributed by atoms with Crippen molar-refractivity contribution in [3.63, 3.8) is 0 Å². The van der Waals surface area contributed by atoms with Gasteiger partial charge in [-0.2, -0.15) is 4.39 Å². The van der Waals surface area contributed by atoms with Crippen LogP contribution in [0.15, 0.2) is 53.7 Å². The minimum atomic E-state index is -1.11. The highest BCUT2D eigenvalue weighted by Crippen LogP contribution is 2.54.